The van der Waals surface area contributed by atoms with Gasteiger partial charge in [-0.15, -0.1) is 0 Å². The quantitative estimate of drug-likeness (QED) is 0.664. The smallest absolute Gasteiger partial charge is 0.255 e. The number of nitrogens with zero attached hydrogens (tertiary/aromatic N) is 1. The number of sulfonamides is 1. The summed E-state index contributed by atoms with van der Waals surface area (Å²) in [5.74, 6) is 0.395. The average Bonchev–Trinajstić information content (AvgIpc) is 2.66. The highest BCUT2D eigenvalue weighted by atomic mass is 79.9. The second-order valence-corrected chi connectivity index (χ2v) is 11.2. The van der Waals surface area contributed by atoms with E-state index in [9.17, 15) is 18.3 Å². The Morgan fingerprint density at radius 3 is 2.27 bits per heavy atom. The molecule has 1 saturated heterocycles. The van der Waals surface area contributed by atoms with Gasteiger partial charge in [0.1, 0.15) is 5.75 Å². The zero-order valence-electron chi connectivity index (χ0n) is 17.4. The van der Waals surface area contributed by atoms with Gasteiger partial charge in [0, 0.05) is 23.1 Å². The Hall–Kier alpha value is -1.90. The van der Waals surface area contributed by atoms with E-state index in [0.29, 0.717) is 29.0 Å². The normalized spacial score (nSPS) is 15.9. The van der Waals surface area contributed by atoms with Crippen LogP contribution in [0.5, 0.6) is 5.75 Å². The molecule has 0 radical (unpaired) electrons. The van der Waals surface area contributed by atoms with Gasteiger partial charge in [-0.1, -0.05) is 12.1 Å². The fourth-order valence-electron chi connectivity index (χ4n) is 3.63. The van der Waals surface area contributed by atoms with Crippen molar-refractivity contribution in [3.8, 4) is 5.75 Å². The van der Waals surface area contributed by atoms with Crippen molar-refractivity contribution < 1.29 is 18.3 Å². The fraction of sp³-hybridized carbons (Fsp3) is 0.409. The van der Waals surface area contributed by atoms with Crippen LogP contribution in [-0.2, 0) is 10.0 Å². The summed E-state index contributed by atoms with van der Waals surface area (Å²) >= 11 is 3.39. The monoisotopic (exact) mass is 494 g/mol. The zero-order chi connectivity index (χ0) is 22.1. The number of phenolic OH excluding ortho intramolecular Hbond substituents is 1. The predicted molar refractivity (Wildman–Crippen MR) is 120 cm³/mol. The van der Waals surface area contributed by atoms with Crippen LogP contribution in [-0.4, -0.2) is 43.0 Å². The van der Waals surface area contributed by atoms with Gasteiger partial charge >= 0.3 is 0 Å². The van der Waals surface area contributed by atoms with E-state index in [4.69, 9.17) is 0 Å². The second kappa shape index (κ2) is 8.69. The summed E-state index contributed by atoms with van der Waals surface area (Å²) in [6.45, 7) is 6.50. The van der Waals surface area contributed by atoms with Gasteiger partial charge in [0.15, 0.2) is 0 Å². The second-order valence-electron chi connectivity index (χ2n) is 8.66. The fourth-order valence-corrected chi connectivity index (χ4v) is 5.49. The molecule has 2 aromatic rings. The Bertz CT molecular complexity index is 1020. The van der Waals surface area contributed by atoms with Crippen LogP contribution < -0.4 is 4.72 Å². The third kappa shape index (κ3) is 5.42. The van der Waals surface area contributed by atoms with Gasteiger partial charge in [-0.3, -0.25) is 4.79 Å². The van der Waals surface area contributed by atoms with Gasteiger partial charge < -0.3 is 10.0 Å². The average molecular weight is 495 g/mol. The first-order chi connectivity index (χ1) is 14.0. The van der Waals surface area contributed by atoms with E-state index in [-0.39, 0.29) is 16.6 Å². The topological polar surface area (TPSA) is 86.7 Å². The summed E-state index contributed by atoms with van der Waals surface area (Å²) in [5, 5.41) is 9.46. The Morgan fingerprint density at radius 1 is 1.10 bits per heavy atom. The molecule has 3 rings (SSSR count). The molecule has 30 heavy (non-hydrogen) atoms. The molecule has 162 valence electrons. The first-order valence-electron chi connectivity index (χ1n) is 9.88. The van der Waals surface area contributed by atoms with Crippen molar-refractivity contribution in [1.29, 1.82) is 0 Å². The number of benzene rings is 2. The highest BCUT2D eigenvalue weighted by Gasteiger charge is 2.28. The number of hydrogen-bond donors (Lipinski definition) is 2. The summed E-state index contributed by atoms with van der Waals surface area (Å²) in [7, 11) is -3.73. The van der Waals surface area contributed by atoms with Crippen molar-refractivity contribution in [2.24, 2.45) is 0 Å². The van der Waals surface area contributed by atoms with E-state index in [1.54, 1.807) is 43.9 Å². The van der Waals surface area contributed by atoms with Crippen molar-refractivity contribution in [1.82, 2.24) is 9.62 Å². The number of phenols is 1. The third-order valence-electron chi connectivity index (χ3n) is 5.07. The van der Waals surface area contributed by atoms with Crippen LogP contribution >= 0.6 is 15.9 Å². The molecular weight excluding hydrogens is 468 g/mol. The molecule has 2 aromatic carbocycles. The lowest BCUT2D eigenvalue weighted by Gasteiger charge is -2.32. The zero-order valence-corrected chi connectivity index (χ0v) is 19.8. The number of likely N-dealkylation sites (tertiary alicyclic amines) is 1. The number of rotatable bonds is 4. The minimum absolute atomic E-state index is 0.0722. The molecule has 0 saturated carbocycles. The maximum absolute atomic E-state index is 13.1. The van der Waals surface area contributed by atoms with Crippen LogP contribution in [0.15, 0.2) is 51.8 Å². The van der Waals surface area contributed by atoms with E-state index >= 15 is 0 Å². The Labute approximate surface area is 186 Å². The molecule has 0 aliphatic carbocycles. The molecule has 0 atom stereocenters. The summed E-state index contributed by atoms with van der Waals surface area (Å²) in [5.41, 5.74) is 0.879. The first-order valence-corrected chi connectivity index (χ1v) is 12.2. The van der Waals surface area contributed by atoms with Crippen LogP contribution in [0.1, 0.15) is 55.5 Å². The van der Waals surface area contributed by atoms with Gasteiger partial charge in [-0.25, -0.2) is 13.1 Å². The largest absolute Gasteiger partial charge is 0.508 e. The van der Waals surface area contributed by atoms with E-state index in [0.717, 1.165) is 18.4 Å². The molecule has 1 aliphatic rings. The maximum Gasteiger partial charge on any atom is 0.255 e. The molecule has 2 N–H and O–H groups in total. The highest BCUT2D eigenvalue weighted by molar-refractivity contribution is 9.10. The minimum atomic E-state index is -3.73. The lowest BCUT2D eigenvalue weighted by molar-refractivity contribution is 0.0712. The van der Waals surface area contributed by atoms with E-state index in [1.807, 2.05) is 12.1 Å². The molecule has 0 bridgehead atoms. The first kappa shape index (κ1) is 22.8. The molecule has 0 unspecified atom stereocenters. The van der Waals surface area contributed by atoms with Gasteiger partial charge in [0.25, 0.3) is 5.91 Å². The van der Waals surface area contributed by atoms with Gasteiger partial charge in [0.2, 0.25) is 10.0 Å². The van der Waals surface area contributed by atoms with E-state index in [1.165, 1.54) is 12.1 Å². The predicted octanol–water partition coefficient (Wildman–Crippen LogP) is 4.25. The van der Waals surface area contributed by atoms with E-state index in [2.05, 4.69) is 20.7 Å². The Kier molecular flexibility index (Phi) is 6.60. The number of carbonyl (C=O) groups excluding carboxylic acids is 1. The van der Waals surface area contributed by atoms with Crippen LogP contribution in [0.25, 0.3) is 0 Å². The number of piperidine rings is 1. The third-order valence-corrected chi connectivity index (χ3v) is 7.51. The van der Waals surface area contributed by atoms with Crippen LogP contribution in [0, 0.1) is 0 Å². The molecule has 0 aromatic heterocycles. The number of amides is 1. The lowest BCUT2D eigenvalue weighted by Crippen LogP contribution is -2.41. The van der Waals surface area contributed by atoms with Crippen LogP contribution in [0.2, 0.25) is 0 Å². The molecule has 1 amide bonds. The SMILES string of the molecule is CC(C)(C)NS(=O)(=O)c1ccc(Br)c(C(=O)N2CCC(c3ccc(O)cc3)CC2)c1. The summed E-state index contributed by atoms with van der Waals surface area (Å²) < 4.78 is 28.5. The van der Waals surface area contributed by atoms with Crippen molar-refractivity contribution in [3.05, 3.63) is 58.1 Å². The number of carbonyl (C=O) groups is 1. The van der Waals surface area contributed by atoms with E-state index < -0.39 is 15.6 Å². The molecule has 8 heteroatoms. The standard InChI is InChI=1S/C22H27BrN2O4S/c1-22(2,3)24-30(28,29)18-8-9-20(23)19(14-18)21(27)25-12-10-16(11-13-25)15-4-6-17(26)7-5-15/h4-9,14,16,24,26H,10-13H2,1-3H3. The number of aromatic hydroxyl groups is 1. The van der Waals surface area contributed by atoms with Crippen molar-refractivity contribution in [2.45, 2.75) is 50.0 Å². The van der Waals surface area contributed by atoms with Gasteiger partial charge in [0.05, 0.1) is 10.5 Å². The summed E-state index contributed by atoms with van der Waals surface area (Å²) in [6, 6.07) is 11.7. The molecule has 1 fully saturated rings. The van der Waals surface area contributed by atoms with Gasteiger partial charge in [-0.05, 0) is 91.4 Å². The summed E-state index contributed by atoms with van der Waals surface area (Å²) in [4.78, 5) is 15.0. The Balaban J connectivity index is 1.75. The molecule has 1 heterocycles. The maximum atomic E-state index is 13.1. The summed E-state index contributed by atoms with van der Waals surface area (Å²) in [6.07, 6.45) is 1.63. The lowest BCUT2D eigenvalue weighted by atomic mass is 9.89. The van der Waals surface area contributed by atoms with Crippen molar-refractivity contribution in [2.75, 3.05) is 13.1 Å². The molecule has 0 spiro atoms. The molecule has 6 nitrogen and oxygen atoms in total. The van der Waals surface area contributed by atoms with Crippen LogP contribution in [0.4, 0.5) is 0 Å². The minimum Gasteiger partial charge on any atom is -0.508 e. The van der Waals surface area contributed by atoms with Crippen molar-refractivity contribution in [3.63, 3.8) is 0 Å². The molecule has 1 aliphatic heterocycles. The molecular formula is C22H27BrN2O4S. The van der Waals surface area contributed by atoms with Crippen molar-refractivity contribution >= 4 is 31.9 Å². The number of nitrogens with one attached hydrogen (secondary N) is 1. The number of hydrogen-bond acceptors (Lipinski definition) is 4. The van der Waals surface area contributed by atoms with Gasteiger partial charge in [-0.2, -0.15) is 0 Å². The van der Waals surface area contributed by atoms with Crippen LogP contribution in [0.3, 0.4) is 0 Å². The Morgan fingerprint density at radius 2 is 1.70 bits per heavy atom. The highest BCUT2D eigenvalue weighted by Crippen LogP contribution is 2.31. The number of halogens is 1.